The molecule has 0 unspecified atom stereocenters. The van der Waals surface area contributed by atoms with Gasteiger partial charge < -0.3 is 14.9 Å². The van der Waals surface area contributed by atoms with Crippen LogP contribution in [0.2, 0.25) is 0 Å². The molecule has 1 N–H and O–H groups in total. The van der Waals surface area contributed by atoms with Crippen LogP contribution in [0.4, 0.5) is 0 Å². The molecule has 0 aromatic carbocycles. The van der Waals surface area contributed by atoms with Crippen LogP contribution in [0.25, 0.3) is 0 Å². The van der Waals surface area contributed by atoms with Gasteiger partial charge in [0.1, 0.15) is 0 Å². The Morgan fingerprint density at radius 2 is 1.73 bits per heavy atom. The minimum atomic E-state index is -0.414. The van der Waals surface area contributed by atoms with E-state index in [-0.39, 0.29) is 29.6 Å². The summed E-state index contributed by atoms with van der Waals surface area (Å²) in [6.07, 6.45) is 3.84. The van der Waals surface area contributed by atoms with Crippen molar-refractivity contribution >= 4 is 11.8 Å². The fourth-order valence-electron chi connectivity index (χ4n) is 3.37. The van der Waals surface area contributed by atoms with Gasteiger partial charge in [-0.15, -0.1) is 0 Å². The first-order valence-electron chi connectivity index (χ1n) is 8.53. The third-order valence-corrected chi connectivity index (χ3v) is 4.91. The molecule has 2 atom stereocenters. The fraction of sp³-hybridized carbons (Fsp3) is 0.882. The van der Waals surface area contributed by atoms with Crippen molar-refractivity contribution in [2.24, 2.45) is 11.3 Å². The third kappa shape index (κ3) is 4.22. The summed E-state index contributed by atoms with van der Waals surface area (Å²) >= 11 is 0. The van der Waals surface area contributed by atoms with Crippen molar-refractivity contribution in [1.82, 2.24) is 9.80 Å². The highest BCUT2D eigenvalue weighted by Crippen LogP contribution is 2.32. The number of carbonyl (C=O) groups is 2. The Kier molecular flexibility index (Phi) is 5.48. The van der Waals surface area contributed by atoms with Crippen molar-refractivity contribution < 1.29 is 14.7 Å². The number of piperidine rings is 1. The Hall–Kier alpha value is -1.10. The summed E-state index contributed by atoms with van der Waals surface area (Å²) in [6, 6.07) is 0. The predicted molar refractivity (Wildman–Crippen MR) is 85.2 cm³/mol. The Morgan fingerprint density at radius 1 is 1.09 bits per heavy atom. The van der Waals surface area contributed by atoms with Gasteiger partial charge in [0.15, 0.2) is 0 Å². The molecule has 2 aliphatic rings. The second-order valence-electron chi connectivity index (χ2n) is 7.79. The van der Waals surface area contributed by atoms with Crippen LogP contribution in [-0.2, 0) is 9.59 Å². The number of likely N-dealkylation sites (tertiary alicyclic amines) is 2. The number of amides is 2. The van der Waals surface area contributed by atoms with E-state index in [1.54, 1.807) is 4.90 Å². The van der Waals surface area contributed by atoms with E-state index in [1.807, 2.05) is 25.7 Å². The first-order valence-corrected chi connectivity index (χ1v) is 8.53. The lowest BCUT2D eigenvalue weighted by Gasteiger charge is -2.35. The monoisotopic (exact) mass is 310 g/mol. The van der Waals surface area contributed by atoms with Crippen LogP contribution in [-0.4, -0.2) is 59.0 Å². The zero-order valence-electron chi connectivity index (χ0n) is 14.2. The van der Waals surface area contributed by atoms with Gasteiger partial charge in [0.25, 0.3) is 0 Å². The normalized spacial score (nSPS) is 24.5. The van der Waals surface area contributed by atoms with Crippen molar-refractivity contribution in [2.45, 2.75) is 59.0 Å². The molecule has 2 rings (SSSR count). The van der Waals surface area contributed by atoms with Crippen molar-refractivity contribution in [2.75, 3.05) is 26.2 Å². The average molecular weight is 310 g/mol. The Morgan fingerprint density at radius 3 is 2.23 bits per heavy atom. The molecule has 0 aromatic heterocycles. The lowest BCUT2D eigenvalue weighted by molar-refractivity contribution is -0.145. The van der Waals surface area contributed by atoms with Crippen molar-refractivity contribution in [3.63, 3.8) is 0 Å². The lowest BCUT2D eigenvalue weighted by atomic mass is 9.77. The van der Waals surface area contributed by atoms with Crippen molar-refractivity contribution in [3.8, 4) is 0 Å². The van der Waals surface area contributed by atoms with Gasteiger partial charge in [-0.05, 0) is 31.1 Å². The number of hydrogen-bond acceptors (Lipinski definition) is 3. The number of hydrogen-bond donors (Lipinski definition) is 1. The summed E-state index contributed by atoms with van der Waals surface area (Å²) in [5.41, 5.74) is -0.254. The molecule has 2 aliphatic heterocycles. The van der Waals surface area contributed by atoms with E-state index in [1.165, 1.54) is 6.42 Å². The van der Waals surface area contributed by atoms with Crippen LogP contribution >= 0.6 is 0 Å². The van der Waals surface area contributed by atoms with Gasteiger partial charge in [-0.1, -0.05) is 20.8 Å². The minimum absolute atomic E-state index is 0.0226. The summed E-state index contributed by atoms with van der Waals surface area (Å²) in [5, 5.41) is 9.65. The quantitative estimate of drug-likeness (QED) is 0.862. The van der Waals surface area contributed by atoms with E-state index in [0.717, 1.165) is 25.9 Å². The molecule has 2 fully saturated rings. The van der Waals surface area contributed by atoms with Crippen LogP contribution in [0.5, 0.6) is 0 Å². The standard InChI is InChI=1S/C17H30N2O3/c1-17(2,3)14(16(22)19-10-7-13(20)12-19)11-15(21)18-8-5-4-6-9-18/h13-14,20H,4-12H2,1-3H3/t13-,14-/m1/s1. The highest BCUT2D eigenvalue weighted by molar-refractivity contribution is 5.86. The molecule has 5 nitrogen and oxygen atoms in total. The molecule has 0 radical (unpaired) electrons. The van der Waals surface area contributed by atoms with Gasteiger partial charge in [-0.25, -0.2) is 0 Å². The van der Waals surface area contributed by atoms with Crippen LogP contribution in [0.1, 0.15) is 52.9 Å². The number of rotatable bonds is 3. The van der Waals surface area contributed by atoms with Gasteiger partial charge >= 0.3 is 0 Å². The highest BCUT2D eigenvalue weighted by atomic mass is 16.3. The average Bonchev–Trinajstić information content (AvgIpc) is 2.90. The first kappa shape index (κ1) is 17.3. The molecule has 0 aromatic rings. The zero-order valence-corrected chi connectivity index (χ0v) is 14.2. The second kappa shape index (κ2) is 6.99. The molecule has 0 aliphatic carbocycles. The highest BCUT2D eigenvalue weighted by Gasteiger charge is 2.38. The largest absolute Gasteiger partial charge is 0.391 e. The third-order valence-electron chi connectivity index (χ3n) is 4.91. The maximum absolute atomic E-state index is 12.8. The Balaban J connectivity index is 2.03. The second-order valence-corrected chi connectivity index (χ2v) is 7.79. The van der Waals surface area contributed by atoms with Gasteiger partial charge in [0.05, 0.1) is 12.0 Å². The maximum atomic E-state index is 12.8. The topological polar surface area (TPSA) is 60.9 Å². The lowest BCUT2D eigenvalue weighted by Crippen LogP contribution is -2.44. The first-order chi connectivity index (χ1) is 10.3. The summed E-state index contributed by atoms with van der Waals surface area (Å²) < 4.78 is 0. The molecular formula is C17H30N2O3. The van der Waals surface area contributed by atoms with E-state index < -0.39 is 6.10 Å². The van der Waals surface area contributed by atoms with Crippen LogP contribution in [0.15, 0.2) is 0 Å². The SMILES string of the molecule is CC(C)(C)[C@H](CC(=O)N1CCCCC1)C(=O)N1CC[C@@H](O)C1. The molecular weight excluding hydrogens is 280 g/mol. The molecule has 0 saturated carbocycles. The van der Waals surface area contributed by atoms with Gasteiger partial charge in [0, 0.05) is 32.6 Å². The van der Waals surface area contributed by atoms with E-state index in [4.69, 9.17) is 0 Å². The van der Waals surface area contributed by atoms with E-state index in [9.17, 15) is 14.7 Å². The van der Waals surface area contributed by atoms with Crippen LogP contribution in [0.3, 0.4) is 0 Å². The predicted octanol–water partition coefficient (Wildman–Crippen LogP) is 1.64. The number of β-amino-alcohol motifs (C(OH)–C–C–N with tert-alkyl or cyclic N) is 1. The smallest absolute Gasteiger partial charge is 0.226 e. The molecule has 5 heteroatoms. The zero-order chi connectivity index (χ0) is 16.3. The maximum Gasteiger partial charge on any atom is 0.226 e. The van der Waals surface area contributed by atoms with Crippen LogP contribution < -0.4 is 0 Å². The number of aliphatic hydroxyl groups is 1. The number of aliphatic hydroxyl groups excluding tert-OH is 1. The summed E-state index contributed by atoms with van der Waals surface area (Å²) in [5.74, 6) is -0.186. The molecule has 2 heterocycles. The van der Waals surface area contributed by atoms with E-state index >= 15 is 0 Å². The van der Waals surface area contributed by atoms with Crippen LogP contribution in [0, 0.1) is 11.3 Å². The molecule has 126 valence electrons. The Labute approximate surface area is 133 Å². The summed E-state index contributed by atoms with van der Waals surface area (Å²) in [6.45, 7) is 8.72. The molecule has 2 saturated heterocycles. The minimum Gasteiger partial charge on any atom is -0.391 e. The van der Waals surface area contributed by atoms with Crippen molar-refractivity contribution in [3.05, 3.63) is 0 Å². The Bertz CT molecular complexity index is 411. The molecule has 22 heavy (non-hydrogen) atoms. The van der Waals surface area contributed by atoms with Gasteiger partial charge in [-0.3, -0.25) is 9.59 Å². The number of nitrogens with zero attached hydrogens (tertiary/aromatic N) is 2. The molecule has 2 amide bonds. The summed E-state index contributed by atoms with van der Waals surface area (Å²) in [4.78, 5) is 29.0. The van der Waals surface area contributed by atoms with E-state index in [2.05, 4.69) is 0 Å². The summed E-state index contributed by atoms with van der Waals surface area (Å²) in [7, 11) is 0. The molecule has 0 bridgehead atoms. The van der Waals surface area contributed by atoms with Gasteiger partial charge in [-0.2, -0.15) is 0 Å². The fourth-order valence-corrected chi connectivity index (χ4v) is 3.37. The number of carbonyl (C=O) groups excluding carboxylic acids is 2. The van der Waals surface area contributed by atoms with Gasteiger partial charge in [0.2, 0.25) is 11.8 Å². The van der Waals surface area contributed by atoms with Crippen molar-refractivity contribution in [1.29, 1.82) is 0 Å². The van der Waals surface area contributed by atoms with E-state index in [0.29, 0.717) is 19.5 Å². The molecule has 0 spiro atoms.